The average molecular weight is 236 g/mol. The minimum absolute atomic E-state index is 0.115. The highest BCUT2D eigenvalue weighted by molar-refractivity contribution is 5.69. The maximum absolute atomic E-state index is 11.0. The van der Waals surface area contributed by atoms with E-state index in [4.69, 9.17) is 9.47 Å². The summed E-state index contributed by atoms with van der Waals surface area (Å²) in [6, 6.07) is 10.0. The van der Waals surface area contributed by atoms with Crippen LogP contribution in [0.5, 0.6) is 0 Å². The molecule has 0 atom stereocenters. The molecule has 17 heavy (non-hydrogen) atoms. The zero-order valence-electron chi connectivity index (χ0n) is 10.4. The van der Waals surface area contributed by atoms with Crippen LogP contribution in [0.1, 0.15) is 31.7 Å². The van der Waals surface area contributed by atoms with Crippen LogP contribution in [0.15, 0.2) is 30.3 Å². The van der Waals surface area contributed by atoms with Gasteiger partial charge in [-0.2, -0.15) is 0 Å². The molecular formula is C14H20O3. The van der Waals surface area contributed by atoms with Gasteiger partial charge in [-0.15, -0.1) is 0 Å². The lowest BCUT2D eigenvalue weighted by atomic mass is 10.2. The molecule has 0 saturated heterocycles. The van der Waals surface area contributed by atoms with Gasteiger partial charge in [0.1, 0.15) is 0 Å². The summed E-state index contributed by atoms with van der Waals surface area (Å²) < 4.78 is 10.5. The first kappa shape index (κ1) is 13.7. The summed E-state index contributed by atoms with van der Waals surface area (Å²) in [5.74, 6) is -0.115. The maximum Gasteiger partial charge on any atom is 0.305 e. The van der Waals surface area contributed by atoms with Crippen LogP contribution >= 0.6 is 0 Å². The second-order valence-electron chi connectivity index (χ2n) is 3.86. The maximum atomic E-state index is 11.0. The Morgan fingerprint density at radius 1 is 1.18 bits per heavy atom. The van der Waals surface area contributed by atoms with Crippen molar-refractivity contribution in [3.05, 3.63) is 35.9 Å². The van der Waals surface area contributed by atoms with Crippen molar-refractivity contribution in [3.8, 4) is 0 Å². The minimum atomic E-state index is -0.115. The van der Waals surface area contributed by atoms with Crippen molar-refractivity contribution in [2.75, 3.05) is 13.2 Å². The first-order valence-electron chi connectivity index (χ1n) is 6.10. The Balaban J connectivity index is 1.96. The van der Waals surface area contributed by atoms with Crippen LogP contribution in [0.4, 0.5) is 0 Å². The molecule has 0 amide bonds. The van der Waals surface area contributed by atoms with E-state index in [1.165, 1.54) is 0 Å². The minimum Gasteiger partial charge on any atom is -0.466 e. The highest BCUT2D eigenvalue weighted by atomic mass is 16.5. The third-order valence-corrected chi connectivity index (χ3v) is 2.26. The number of esters is 1. The molecule has 0 bridgehead atoms. The molecule has 0 aliphatic heterocycles. The molecule has 0 N–H and O–H groups in total. The molecule has 3 nitrogen and oxygen atoms in total. The third kappa shape index (κ3) is 6.74. The summed E-state index contributed by atoms with van der Waals surface area (Å²) in [7, 11) is 0. The van der Waals surface area contributed by atoms with Crippen molar-refractivity contribution >= 4 is 5.97 Å². The van der Waals surface area contributed by atoms with Gasteiger partial charge in [0.15, 0.2) is 0 Å². The first-order chi connectivity index (χ1) is 8.33. The van der Waals surface area contributed by atoms with Crippen molar-refractivity contribution in [3.63, 3.8) is 0 Å². The number of rotatable bonds is 8. The van der Waals surface area contributed by atoms with Gasteiger partial charge in [-0.3, -0.25) is 4.79 Å². The van der Waals surface area contributed by atoms with Gasteiger partial charge in [-0.25, -0.2) is 0 Å². The van der Waals surface area contributed by atoms with E-state index >= 15 is 0 Å². The molecule has 0 radical (unpaired) electrons. The zero-order chi connectivity index (χ0) is 12.3. The van der Waals surface area contributed by atoms with E-state index < -0.39 is 0 Å². The predicted octanol–water partition coefficient (Wildman–Crippen LogP) is 2.94. The van der Waals surface area contributed by atoms with Crippen molar-refractivity contribution < 1.29 is 14.3 Å². The van der Waals surface area contributed by atoms with Crippen LogP contribution in [-0.4, -0.2) is 19.2 Å². The van der Waals surface area contributed by atoms with Crippen molar-refractivity contribution in [2.45, 2.75) is 32.8 Å². The van der Waals surface area contributed by atoms with Crippen LogP contribution in [0, 0.1) is 0 Å². The third-order valence-electron chi connectivity index (χ3n) is 2.26. The molecule has 0 aliphatic carbocycles. The number of carbonyl (C=O) groups excluding carboxylic acids is 1. The lowest BCUT2D eigenvalue weighted by molar-refractivity contribution is -0.144. The molecule has 3 heteroatoms. The Morgan fingerprint density at radius 2 is 1.94 bits per heavy atom. The zero-order valence-corrected chi connectivity index (χ0v) is 10.4. The Hall–Kier alpha value is -1.35. The number of ether oxygens (including phenoxy) is 2. The van der Waals surface area contributed by atoms with Gasteiger partial charge in [0.25, 0.3) is 0 Å². The first-order valence-corrected chi connectivity index (χ1v) is 6.10. The van der Waals surface area contributed by atoms with Gasteiger partial charge in [0.05, 0.1) is 19.8 Å². The summed E-state index contributed by atoms with van der Waals surface area (Å²) >= 11 is 0. The highest BCUT2D eigenvalue weighted by Crippen LogP contribution is 2.01. The Morgan fingerprint density at radius 3 is 2.65 bits per heavy atom. The Kier molecular flexibility index (Phi) is 7.07. The normalized spacial score (nSPS) is 10.2. The molecule has 1 aromatic carbocycles. The van der Waals surface area contributed by atoms with Gasteiger partial charge in [0, 0.05) is 12.8 Å². The largest absolute Gasteiger partial charge is 0.466 e. The van der Waals surface area contributed by atoms with Crippen LogP contribution in [0.3, 0.4) is 0 Å². The van der Waals surface area contributed by atoms with E-state index in [1.54, 1.807) is 0 Å². The smallest absolute Gasteiger partial charge is 0.305 e. The molecule has 0 heterocycles. The lowest BCUT2D eigenvalue weighted by Crippen LogP contribution is -2.07. The predicted molar refractivity (Wildman–Crippen MR) is 66.6 cm³/mol. The molecule has 0 fully saturated rings. The number of benzene rings is 1. The molecule has 0 unspecified atom stereocenters. The van der Waals surface area contributed by atoms with Crippen molar-refractivity contribution in [1.82, 2.24) is 0 Å². The van der Waals surface area contributed by atoms with Crippen LogP contribution in [0.2, 0.25) is 0 Å². The lowest BCUT2D eigenvalue weighted by Gasteiger charge is -2.05. The number of hydrogen-bond donors (Lipinski definition) is 0. The second-order valence-corrected chi connectivity index (χ2v) is 3.86. The topological polar surface area (TPSA) is 35.5 Å². The summed E-state index contributed by atoms with van der Waals surface area (Å²) in [5, 5.41) is 0. The molecule has 1 rings (SSSR count). The SMILES string of the molecule is CCCC(=O)OCCCOCc1ccccc1. The highest BCUT2D eigenvalue weighted by Gasteiger charge is 1.99. The number of hydrogen-bond acceptors (Lipinski definition) is 3. The van der Waals surface area contributed by atoms with Crippen LogP contribution in [0.25, 0.3) is 0 Å². The van der Waals surface area contributed by atoms with Gasteiger partial charge in [-0.05, 0) is 12.0 Å². The molecule has 1 aromatic rings. The second kappa shape index (κ2) is 8.76. The molecule has 94 valence electrons. The summed E-state index contributed by atoms with van der Waals surface area (Å²) in [5.41, 5.74) is 1.16. The summed E-state index contributed by atoms with van der Waals surface area (Å²) in [4.78, 5) is 11.0. The fourth-order valence-corrected chi connectivity index (χ4v) is 1.39. The van der Waals surface area contributed by atoms with E-state index in [0.717, 1.165) is 18.4 Å². The monoisotopic (exact) mass is 236 g/mol. The van der Waals surface area contributed by atoms with Crippen LogP contribution in [-0.2, 0) is 20.9 Å². The summed E-state index contributed by atoms with van der Waals surface area (Å²) in [6.07, 6.45) is 2.09. The Bertz CT molecular complexity index is 309. The fourth-order valence-electron chi connectivity index (χ4n) is 1.39. The average Bonchev–Trinajstić information content (AvgIpc) is 2.35. The molecule has 0 spiro atoms. The van der Waals surface area contributed by atoms with Gasteiger partial charge < -0.3 is 9.47 Å². The van der Waals surface area contributed by atoms with E-state index in [0.29, 0.717) is 26.2 Å². The van der Waals surface area contributed by atoms with Crippen LogP contribution < -0.4 is 0 Å². The van der Waals surface area contributed by atoms with E-state index in [2.05, 4.69) is 0 Å². The van der Waals surface area contributed by atoms with Gasteiger partial charge >= 0.3 is 5.97 Å². The molecule has 0 aromatic heterocycles. The van der Waals surface area contributed by atoms with E-state index in [1.807, 2.05) is 37.3 Å². The quantitative estimate of drug-likeness (QED) is 0.514. The van der Waals surface area contributed by atoms with Gasteiger partial charge in [0.2, 0.25) is 0 Å². The molecule has 0 aliphatic rings. The van der Waals surface area contributed by atoms with Gasteiger partial charge in [-0.1, -0.05) is 37.3 Å². The fraction of sp³-hybridized carbons (Fsp3) is 0.500. The standard InChI is InChI=1S/C14H20O3/c1-2-7-14(15)17-11-6-10-16-12-13-8-4-3-5-9-13/h3-5,8-9H,2,6-7,10-12H2,1H3. The van der Waals surface area contributed by atoms with E-state index in [-0.39, 0.29) is 5.97 Å². The number of carbonyl (C=O) groups is 1. The molecule has 0 saturated carbocycles. The van der Waals surface area contributed by atoms with E-state index in [9.17, 15) is 4.79 Å². The molecular weight excluding hydrogens is 216 g/mol. The van der Waals surface area contributed by atoms with Crippen molar-refractivity contribution in [2.24, 2.45) is 0 Å². The van der Waals surface area contributed by atoms with Crippen molar-refractivity contribution in [1.29, 1.82) is 0 Å². The Labute approximate surface area is 103 Å². The summed E-state index contributed by atoms with van der Waals surface area (Å²) in [6.45, 7) is 3.65.